The summed E-state index contributed by atoms with van der Waals surface area (Å²) in [7, 11) is 0. The van der Waals surface area contributed by atoms with Gasteiger partial charge in [-0.05, 0) is 35.7 Å². The molecule has 3 aliphatic heterocycles. The molecule has 0 unspecified atom stereocenters. The molecule has 1 saturated carbocycles. The molecule has 0 bridgehead atoms. The number of pyridine rings is 1. The zero-order valence-corrected chi connectivity index (χ0v) is 18.6. The van der Waals surface area contributed by atoms with Crippen molar-refractivity contribution < 1.29 is 14.3 Å². The number of ether oxygens (including phenoxy) is 1. The standard InChI is InChI=1S/C25H22N6O3/c1-14(32)28-9-22-21-7-17-6-15(2-4-20(17)31(21)24(33)34-22)16-3-5-23(29-8-16)25(12-26)18-10-30(13-27)11-19(18)25/h2-6,8,18-19,21-22H,7,9-11H2,1H3,(H,28,32)/t18-,19+,21-,22-,25+/m0/s1. The first-order valence-corrected chi connectivity index (χ1v) is 11.4. The molecule has 2 amide bonds. The van der Waals surface area contributed by atoms with Crippen LogP contribution in [0.4, 0.5) is 10.5 Å². The van der Waals surface area contributed by atoms with E-state index < -0.39 is 5.41 Å². The average molecular weight is 454 g/mol. The van der Waals surface area contributed by atoms with Crippen LogP contribution in [0, 0.1) is 34.6 Å². The smallest absolute Gasteiger partial charge is 0.415 e. The highest BCUT2D eigenvalue weighted by Crippen LogP contribution is 2.62. The van der Waals surface area contributed by atoms with Crippen molar-refractivity contribution in [3.05, 3.63) is 47.8 Å². The first kappa shape index (κ1) is 20.5. The van der Waals surface area contributed by atoms with Crippen molar-refractivity contribution in [3.63, 3.8) is 0 Å². The molecular weight excluding hydrogens is 432 g/mol. The van der Waals surface area contributed by atoms with E-state index >= 15 is 0 Å². The molecule has 0 spiro atoms. The second-order valence-electron chi connectivity index (χ2n) is 9.48. The van der Waals surface area contributed by atoms with Gasteiger partial charge in [0.2, 0.25) is 5.91 Å². The minimum atomic E-state index is -0.585. The third-order valence-electron chi connectivity index (χ3n) is 7.76. The Morgan fingerprint density at radius 2 is 2.00 bits per heavy atom. The number of amides is 2. The molecule has 1 aliphatic carbocycles. The third-order valence-corrected chi connectivity index (χ3v) is 7.76. The number of rotatable bonds is 4. The van der Waals surface area contributed by atoms with Crippen LogP contribution in [-0.4, -0.2) is 53.7 Å². The number of hydrogen-bond donors (Lipinski definition) is 1. The Labute approximate surface area is 196 Å². The number of fused-ring (bicyclic) bond motifs is 4. The van der Waals surface area contributed by atoms with E-state index in [0.29, 0.717) is 26.1 Å². The van der Waals surface area contributed by atoms with Crippen molar-refractivity contribution in [2.24, 2.45) is 11.8 Å². The summed E-state index contributed by atoms with van der Waals surface area (Å²) in [6.45, 7) is 2.97. The Kier molecular flexibility index (Phi) is 4.34. The minimum Gasteiger partial charge on any atom is -0.442 e. The van der Waals surface area contributed by atoms with Crippen LogP contribution in [0.15, 0.2) is 36.5 Å². The number of anilines is 1. The lowest BCUT2D eigenvalue weighted by molar-refractivity contribution is -0.119. The van der Waals surface area contributed by atoms with E-state index in [0.717, 1.165) is 28.1 Å². The Morgan fingerprint density at radius 1 is 1.24 bits per heavy atom. The summed E-state index contributed by atoms with van der Waals surface area (Å²) in [4.78, 5) is 31.8. The number of nitrogens with one attached hydrogen (secondary N) is 1. The molecule has 1 aromatic heterocycles. The van der Waals surface area contributed by atoms with Crippen LogP contribution in [-0.2, 0) is 21.4 Å². The van der Waals surface area contributed by atoms with Crippen molar-refractivity contribution in [2.45, 2.75) is 30.9 Å². The maximum atomic E-state index is 12.5. The van der Waals surface area contributed by atoms with E-state index in [1.165, 1.54) is 6.92 Å². The molecule has 3 fully saturated rings. The van der Waals surface area contributed by atoms with Crippen molar-refractivity contribution in [3.8, 4) is 23.4 Å². The topological polar surface area (TPSA) is 122 Å². The van der Waals surface area contributed by atoms with Gasteiger partial charge in [-0.25, -0.2) is 4.79 Å². The van der Waals surface area contributed by atoms with Crippen LogP contribution in [0.1, 0.15) is 18.2 Å². The average Bonchev–Trinajstić information content (AvgIpc) is 3.20. The van der Waals surface area contributed by atoms with Crippen molar-refractivity contribution in [2.75, 3.05) is 24.5 Å². The van der Waals surface area contributed by atoms with Crippen LogP contribution in [0.2, 0.25) is 0 Å². The zero-order valence-electron chi connectivity index (χ0n) is 18.6. The highest BCUT2D eigenvalue weighted by atomic mass is 16.6. The molecule has 34 heavy (non-hydrogen) atoms. The van der Waals surface area contributed by atoms with Gasteiger partial charge in [0.05, 0.1) is 30.0 Å². The molecule has 9 heteroatoms. The van der Waals surface area contributed by atoms with E-state index in [9.17, 15) is 14.9 Å². The molecule has 4 heterocycles. The first-order valence-electron chi connectivity index (χ1n) is 11.4. The largest absolute Gasteiger partial charge is 0.442 e. The summed E-state index contributed by atoms with van der Waals surface area (Å²) in [5.74, 6) is 0.168. The van der Waals surface area contributed by atoms with Gasteiger partial charge in [0, 0.05) is 43.6 Å². The predicted octanol–water partition coefficient (Wildman–Crippen LogP) is 1.94. The van der Waals surface area contributed by atoms with Gasteiger partial charge in [-0.3, -0.25) is 14.7 Å². The van der Waals surface area contributed by atoms with Crippen molar-refractivity contribution >= 4 is 17.7 Å². The molecular formula is C25H22N6O3. The van der Waals surface area contributed by atoms with Gasteiger partial charge in [-0.15, -0.1) is 0 Å². The summed E-state index contributed by atoms with van der Waals surface area (Å²) in [6.07, 6.45) is 3.86. The fraction of sp³-hybridized carbons (Fsp3) is 0.400. The molecule has 2 aromatic rings. The molecule has 0 radical (unpaired) electrons. The van der Waals surface area contributed by atoms with Gasteiger partial charge < -0.3 is 15.0 Å². The normalized spacial score (nSPS) is 30.0. The number of aromatic nitrogens is 1. The number of likely N-dealkylation sites (tertiary alicyclic amines) is 1. The number of hydrogen-bond acceptors (Lipinski definition) is 7. The summed E-state index contributed by atoms with van der Waals surface area (Å²) in [5, 5.41) is 21.7. The summed E-state index contributed by atoms with van der Waals surface area (Å²) < 4.78 is 5.47. The van der Waals surface area contributed by atoms with Crippen LogP contribution >= 0.6 is 0 Å². The monoisotopic (exact) mass is 454 g/mol. The van der Waals surface area contributed by atoms with Crippen LogP contribution in [0.5, 0.6) is 0 Å². The van der Waals surface area contributed by atoms with Crippen LogP contribution < -0.4 is 10.2 Å². The van der Waals surface area contributed by atoms with Gasteiger partial charge in [-0.1, -0.05) is 12.1 Å². The molecule has 6 rings (SSSR count). The molecule has 1 N–H and O–H groups in total. The van der Waals surface area contributed by atoms with Gasteiger partial charge in [0.15, 0.2) is 6.19 Å². The quantitative estimate of drug-likeness (QED) is 0.701. The molecule has 5 atom stereocenters. The Morgan fingerprint density at radius 3 is 2.65 bits per heavy atom. The third kappa shape index (κ3) is 2.80. The maximum Gasteiger partial charge on any atom is 0.415 e. The van der Waals surface area contributed by atoms with Crippen LogP contribution in [0.3, 0.4) is 0 Å². The van der Waals surface area contributed by atoms with Gasteiger partial charge in [0.25, 0.3) is 0 Å². The van der Waals surface area contributed by atoms with E-state index in [2.05, 4.69) is 28.6 Å². The second-order valence-corrected chi connectivity index (χ2v) is 9.48. The fourth-order valence-corrected chi connectivity index (χ4v) is 6.00. The molecule has 4 aliphatic rings. The minimum absolute atomic E-state index is 0.136. The van der Waals surface area contributed by atoms with E-state index in [-0.39, 0.29) is 36.0 Å². The van der Waals surface area contributed by atoms with Crippen molar-refractivity contribution in [1.82, 2.24) is 15.2 Å². The number of carbonyl (C=O) groups excluding carboxylic acids is 2. The second kappa shape index (κ2) is 7.19. The SMILES string of the molecule is CC(=O)NC[C@@H]1OC(=O)N2c3ccc(-c4ccc([C@@]5(C#N)[C@@H]6CN(C#N)C[C@@H]65)nc4)cc3C[C@@H]12. The highest BCUT2D eigenvalue weighted by molar-refractivity contribution is 5.94. The number of piperidine rings is 1. The first-order chi connectivity index (χ1) is 16.5. The number of cyclic esters (lactones) is 1. The molecule has 170 valence electrons. The summed E-state index contributed by atoms with van der Waals surface area (Å²) in [5.41, 5.74) is 4.01. The predicted molar refractivity (Wildman–Crippen MR) is 120 cm³/mol. The van der Waals surface area contributed by atoms with E-state index in [4.69, 9.17) is 10.00 Å². The number of carbonyl (C=O) groups is 2. The maximum absolute atomic E-state index is 12.5. The fourth-order valence-electron chi connectivity index (χ4n) is 6.00. The Balaban J connectivity index is 1.22. The lowest BCUT2D eigenvalue weighted by Crippen LogP contribution is -2.40. The number of nitriles is 2. The van der Waals surface area contributed by atoms with E-state index in [1.54, 1.807) is 16.0 Å². The lowest BCUT2D eigenvalue weighted by Gasteiger charge is -2.17. The van der Waals surface area contributed by atoms with Crippen LogP contribution in [0.25, 0.3) is 11.1 Å². The summed E-state index contributed by atoms with van der Waals surface area (Å²) >= 11 is 0. The molecule has 9 nitrogen and oxygen atoms in total. The van der Waals surface area contributed by atoms with Crippen molar-refractivity contribution in [1.29, 1.82) is 10.5 Å². The van der Waals surface area contributed by atoms with Gasteiger partial charge >= 0.3 is 6.09 Å². The number of benzene rings is 1. The Hall–Kier alpha value is -4.11. The summed E-state index contributed by atoms with van der Waals surface area (Å²) in [6, 6.07) is 12.2. The lowest BCUT2D eigenvalue weighted by atomic mass is 9.95. The molecule has 2 saturated heterocycles. The van der Waals surface area contributed by atoms with Gasteiger partial charge in [0.1, 0.15) is 11.5 Å². The molecule has 1 aromatic carbocycles. The van der Waals surface area contributed by atoms with E-state index in [1.807, 2.05) is 24.3 Å². The number of nitrogens with zero attached hydrogens (tertiary/aromatic N) is 5. The Bertz CT molecular complexity index is 1280. The highest BCUT2D eigenvalue weighted by Gasteiger charge is 2.71. The zero-order chi connectivity index (χ0) is 23.6. The van der Waals surface area contributed by atoms with Gasteiger partial charge in [-0.2, -0.15) is 10.5 Å².